The fourth-order valence-corrected chi connectivity index (χ4v) is 2.39. The molecular weight excluding hydrogens is 277 g/mol. The van der Waals surface area contributed by atoms with Crippen LogP contribution in [0.5, 0.6) is 0 Å². The predicted octanol–water partition coefficient (Wildman–Crippen LogP) is 3.01. The van der Waals surface area contributed by atoms with Gasteiger partial charge in [0.1, 0.15) is 5.82 Å². The van der Waals surface area contributed by atoms with E-state index in [1.807, 2.05) is 24.1 Å². The van der Waals surface area contributed by atoms with Crippen molar-refractivity contribution in [3.63, 3.8) is 0 Å². The molecule has 0 fully saturated rings. The largest absolute Gasteiger partial charge is 0.329 e. The quantitative estimate of drug-likeness (QED) is 0.921. The number of nitrogens with two attached hydrogens (primary N) is 1. The van der Waals surface area contributed by atoms with Gasteiger partial charge in [0.2, 0.25) is 0 Å². The van der Waals surface area contributed by atoms with Crippen molar-refractivity contribution >= 4 is 11.6 Å². The van der Waals surface area contributed by atoms with Crippen LogP contribution in [0.2, 0.25) is 5.02 Å². The molecule has 0 bridgehead atoms. The first-order valence-corrected chi connectivity index (χ1v) is 6.74. The number of likely N-dealkylation sites (N-methyl/N-ethyl adjacent to an activating group) is 1. The molecule has 3 nitrogen and oxygen atoms in total. The molecule has 0 saturated carbocycles. The maximum Gasteiger partial charge on any atom is 0.146 e. The van der Waals surface area contributed by atoms with Gasteiger partial charge in [-0.1, -0.05) is 29.8 Å². The molecule has 0 aliphatic carbocycles. The van der Waals surface area contributed by atoms with Gasteiger partial charge in [0, 0.05) is 37.1 Å². The Hall–Kier alpha value is -1.49. The highest BCUT2D eigenvalue weighted by Crippen LogP contribution is 2.27. The molecule has 106 valence electrons. The zero-order valence-electron chi connectivity index (χ0n) is 11.3. The summed E-state index contributed by atoms with van der Waals surface area (Å²) in [5.74, 6) is -0.400. The van der Waals surface area contributed by atoms with Crippen molar-refractivity contribution in [2.24, 2.45) is 5.73 Å². The van der Waals surface area contributed by atoms with E-state index in [1.165, 1.54) is 6.07 Å². The molecule has 5 heteroatoms. The summed E-state index contributed by atoms with van der Waals surface area (Å²) in [6, 6.07) is 8.62. The second kappa shape index (κ2) is 6.79. The molecule has 1 unspecified atom stereocenters. The summed E-state index contributed by atoms with van der Waals surface area (Å²) < 4.78 is 14.1. The first-order chi connectivity index (χ1) is 9.63. The number of hydrogen-bond acceptors (Lipinski definition) is 3. The van der Waals surface area contributed by atoms with Gasteiger partial charge in [0.15, 0.2) is 0 Å². The molecule has 1 aromatic heterocycles. The van der Waals surface area contributed by atoms with Crippen LogP contribution in [0, 0.1) is 5.82 Å². The van der Waals surface area contributed by atoms with Crippen LogP contribution in [-0.2, 0) is 6.54 Å². The van der Waals surface area contributed by atoms with Crippen LogP contribution in [-0.4, -0.2) is 23.5 Å². The SMILES string of the molecule is CN(Cc1cccnc1)C(CN)c1cccc(Cl)c1F. The first-order valence-electron chi connectivity index (χ1n) is 6.36. The molecule has 0 aliphatic rings. The molecule has 20 heavy (non-hydrogen) atoms. The highest BCUT2D eigenvalue weighted by Gasteiger charge is 2.20. The van der Waals surface area contributed by atoms with Gasteiger partial charge in [-0.2, -0.15) is 0 Å². The monoisotopic (exact) mass is 293 g/mol. The van der Waals surface area contributed by atoms with Crippen LogP contribution in [0.3, 0.4) is 0 Å². The number of hydrogen-bond donors (Lipinski definition) is 1. The smallest absolute Gasteiger partial charge is 0.146 e. The van der Waals surface area contributed by atoms with E-state index in [0.29, 0.717) is 18.7 Å². The molecule has 0 spiro atoms. The third-order valence-electron chi connectivity index (χ3n) is 3.25. The Balaban J connectivity index is 2.21. The maximum absolute atomic E-state index is 14.1. The van der Waals surface area contributed by atoms with Crippen molar-refractivity contribution in [2.75, 3.05) is 13.6 Å². The van der Waals surface area contributed by atoms with Crippen LogP contribution in [0.25, 0.3) is 0 Å². The molecule has 1 aromatic carbocycles. The fraction of sp³-hybridized carbons (Fsp3) is 0.267. The second-order valence-corrected chi connectivity index (χ2v) is 5.08. The summed E-state index contributed by atoms with van der Waals surface area (Å²) in [4.78, 5) is 6.07. The standard InChI is InChI=1S/C15H17ClFN3/c1-20(10-11-4-3-7-19-9-11)14(8-18)12-5-2-6-13(16)15(12)17/h2-7,9,14H,8,10,18H2,1H3. The molecule has 1 atom stereocenters. The average molecular weight is 294 g/mol. The lowest BCUT2D eigenvalue weighted by molar-refractivity contribution is 0.236. The van der Waals surface area contributed by atoms with Gasteiger partial charge in [-0.3, -0.25) is 9.88 Å². The van der Waals surface area contributed by atoms with Crippen molar-refractivity contribution in [3.05, 3.63) is 64.7 Å². The zero-order chi connectivity index (χ0) is 14.5. The number of nitrogens with zero attached hydrogens (tertiary/aromatic N) is 2. The molecule has 2 N–H and O–H groups in total. The van der Waals surface area contributed by atoms with Gasteiger partial charge in [-0.15, -0.1) is 0 Å². The number of benzene rings is 1. The Morgan fingerprint density at radius 3 is 2.80 bits per heavy atom. The molecule has 0 aliphatic heterocycles. The van der Waals surface area contributed by atoms with Gasteiger partial charge >= 0.3 is 0 Å². The normalized spacial score (nSPS) is 12.7. The molecule has 1 heterocycles. The van der Waals surface area contributed by atoms with Crippen LogP contribution < -0.4 is 5.73 Å². The minimum absolute atomic E-state index is 0.121. The van der Waals surface area contributed by atoms with E-state index in [-0.39, 0.29) is 11.1 Å². The minimum atomic E-state index is -0.400. The zero-order valence-corrected chi connectivity index (χ0v) is 12.0. The van der Waals surface area contributed by atoms with Gasteiger partial charge in [-0.25, -0.2) is 4.39 Å². The molecule has 0 saturated heterocycles. The van der Waals surface area contributed by atoms with E-state index in [1.54, 1.807) is 24.5 Å². The number of halogens is 2. The van der Waals surface area contributed by atoms with Crippen molar-refractivity contribution in [3.8, 4) is 0 Å². The van der Waals surface area contributed by atoms with Crippen LogP contribution in [0.1, 0.15) is 17.2 Å². The van der Waals surface area contributed by atoms with E-state index in [4.69, 9.17) is 17.3 Å². The van der Waals surface area contributed by atoms with Gasteiger partial charge in [0.25, 0.3) is 0 Å². The lowest BCUT2D eigenvalue weighted by Gasteiger charge is -2.27. The molecule has 2 aromatic rings. The van der Waals surface area contributed by atoms with Gasteiger partial charge < -0.3 is 5.73 Å². The Morgan fingerprint density at radius 1 is 1.35 bits per heavy atom. The Labute approximate surface area is 123 Å². The minimum Gasteiger partial charge on any atom is -0.329 e. The molecule has 0 amide bonds. The number of rotatable bonds is 5. The van der Waals surface area contributed by atoms with Crippen LogP contribution in [0.4, 0.5) is 4.39 Å². The molecule has 2 rings (SSSR count). The summed E-state index contributed by atoms with van der Waals surface area (Å²) in [5.41, 5.74) is 7.38. The molecule has 0 radical (unpaired) electrons. The molecular formula is C15H17ClFN3. The Morgan fingerprint density at radius 2 is 2.15 bits per heavy atom. The van der Waals surface area contributed by atoms with Gasteiger partial charge in [0.05, 0.1) is 5.02 Å². The third kappa shape index (κ3) is 3.33. The topological polar surface area (TPSA) is 42.2 Å². The van der Waals surface area contributed by atoms with Crippen LogP contribution in [0.15, 0.2) is 42.7 Å². The Kier molecular flexibility index (Phi) is 5.06. The third-order valence-corrected chi connectivity index (χ3v) is 3.54. The van der Waals surface area contributed by atoms with E-state index in [2.05, 4.69) is 4.98 Å². The van der Waals surface area contributed by atoms with E-state index < -0.39 is 5.82 Å². The van der Waals surface area contributed by atoms with Crippen molar-refractivity contribution in [1.29, 1.82) is 0 Å². The summed E-state index contributed by atoms with van der Waals surface area (Å²) in [5, 5.41) is 0.121. The highest BCUT2D eigenvalue weighted by molar-refractivity contribution is 6.30. The Bertz CT molecular complexity index is 562. The highest BCUT2D eigenvalue weighted by atomic mass is 35.5. The summed E-state index contributed by atoms with van der Waals surface area (Å²) in [6.45, 7) is 0.954. The fourth-order valence-electron chi connectivity index (χ4n) is 2.21. The summed E-state index contributed by atoms with van der Waals surface area (Å²) in [6.07, 6.45) is 3.51. The lowest BCUT2D eigenvalue weighted by atomic mass is 10.0. The summed E-state index contributed by atoms with van der Waals surface area (Å²) >= 11 is 5.84. The van der Waals surface area contributed by atoms with Crippen molar-refractivity contribution < 1.29 is 4.39 Å². The van der Waals surface area contributed by atoms with Crippen LogP contribution >= 0.6 is 11.6 Å². The first kappa shape index (κ1) is 14.9. The van der Waals surface area contributed by atoms with E-state index in [9.17, 15) is 4.39 Å². The summed E-state index contributed by atoms with van der Waals surface area (Å²) in [7, 11) is 1.91. The second-order valence-electron chi connectivity index (χ2n) is 4.67. The van der Waals surface area contributed by atoms with Crippen molar-refractivity contribution in [2.45, 2.75) is 12.6 Å². The number of aromatic nitrogens is 1. The maximum atomic E-state index is 14.1. The van der Waals surface area contributed by atoms with E-state index >= 15 is 0 Å². The van der Waals surface area contributed by atoms with E-state index in [0.717, 1.165) is 5.56 Å². The van der Waals surface area contributed by atoms with Gasteiger partial charge in [-0.05, 0) is 24.7 Å². The average Bonchev–Trinajstić information content (AvgIpc) is 2.45. The number of pyridine rings is 1. The predicted molar refractivity (Wildman–Crippen MR) is 78.9 cm³/mol. The van der Waals surface area contributed by atoms with Crippen molar-refractivity contribution in [1.82, 2.24) is 9.88 Å². The lowest BCUT2D eigenvalue weighted by Crippen LogP contribution is -2.31.